The molecule has 0 amide bonds. The molecule has 0 atom stereocenters. The first kappa shape index (κ1) is 18.3. The predicted molar refractivity (Wildman–Crippen MR) is 94.9 cm³/mol. The van der Waals surface area contributed by atoms with Crippen molar-refractivity contribution in [3.8, 4) is 11.5 Å². The average Bonchev–Trinajstić information content (AvgIpc) is 2.56. The molecule has 130 valence electrons. The van der Waals surface area contributed by atoms with Crippen LogP contribution in [0.2, 0.25) is 0 Å². The van der Waals surface area contributed by atoms with Crippen LogP contribution in [0.25, 0.3) is 0 Å². The third-order valence-corrected chi connectivity index (χ3v) is 4.82. The maximum atomic E-state index is 12.1. The van der Waals surface area contributed by atoms with Gasteiger partial charge in [0.25, 0.3) is 0 Å². The van der Waals surface area contributed by atoms with Crippen molar-refractivity contribution < 1.29 is 17.9 Å². The molecule has 2 aromatic carbocycles. The number of nitrogens with one attached hydrogen (secondary N) is 1. The summed E-state index contributed by atoms with van der Waals surface area (Å²) in [5, 5.41) is 0. The summed E-state index contributed by atoms with van der Waals surface area (Å²) < 4.78 is 37.6. The van der Waals surface area contributed by atoms with E-state index in [0.717, 1.165) is 11.1 Å². The van der Waals surface area contributed by atoms with E-state index in [4.69, 9.17) is 9.47 Å². The van der Waals surface area contributed by atoms with Gasteiger partial charge in [0.2, 0.25) is 10.0 Å². The van der Waals surface area contributed by atoms with Gasteiger partial charge in [-0.1, -0.05) is 36.4 Å². The molecule has 0 aromatic heterocycles. The van der Waals surface area contributed by atoms with Crippen molar-refractivity contribution in [3.05, 3.63) is 59.7 Å². The summed E-state index contributed by atoms with van der Waals surface area (Å²) in [6.07, 6.45) is 0.580. The fourth-order valence-corrected chi connectivity index (χ4v) is 3.48. The molecule has 24 heavy (non-hydrogen) atoms. The Labute approximate surface area is 143 Å². The van der Waals surface area contributed by atoms with Crippen molar-refractivity contribution in [2.75, 3.05) is 20.3 Å². The van der Waals surface area contributed by atoms with Gasteiger partial charge >= 0.3 is 0 Å². The Bertz CT molecular complexity index is 745. The fourth-order valence-electron chi connectivity index (χ4n) is 2.34. The highest BCUT2D eigenvalue weighted by Gasteiger charge is 2.11. The minimum absolute atomic E-state index is 0.0135. The summed E-state index contributed by atoms with van der Waals surface area (Å²) >= 11 is 0. The van der Waals surface area contributed by atoms with Gasteiger partial charge in [0.1, 0.15) is 0 Å². The zero-order chi connectivity index (χ0) is 17.4. The molecule has 5 nitrogen and oxygen atoms in total. The summed E-state index contributed by atoms with van der Waals surface area (Å²) in [6.45, 7) is 2.82. The quantitative estimate of drug-likeness (QED) is 0.756. The summed E-state index contributed by atoms with van der Waals surface area (Å²) in [5.41, 5.74) is 1.76. The second-order valence-electron chi connectivity index (χ2n) is 5.31. The predicted octanol–water partition coefficient (Wildman–Crippen LogP) is 2.76. The number of methoxy groups -OCH3 is 1. The van der Waals surface area contributed by atoms with Gasteiger partial charge in [0.05, 0.1) is 19.5 Å². The van der Waals surface area contributed by atoms with Crippen LogP contribution in [-0.4, -0.2) is 28.7 Å². The highest BCUT2D eigenvalue weighted by Crippen LogP contribution is 2.28. The summed E-state index contributed by atoms with van der Waals surface area (Å²) in [7, 11) is -1.76. The minimum atomic E-state index is -3.34. The lowest BCUT2D eigenvalue weighted by molar-refractivity contribution is 0.310. The summed E-state index contributed by atoms with van der Waals surface area (Å²) in [5.74, 6) is 1.33. The number of ether oxygens (including phenoxy) is 2. The van der Waals surface area contributed by atoms with E-state index in [1.165, 1.54) is 0 Å². The molecule has 0 saturated heterocycles. The average molecular weight is 349 g/mol. The molecule has 0 aliphatic rings. The molecule has 0 unspecified atom stereocenters. The molecule has 2 aromatic rings. The van der Waals surface area contributed by atoms with Gasteiger partial charge in [-0.2, -0.15) is 0 Å². The normalized spacial score (nSPS) is 11.2. The van der Waals surface area contributed by atoms with E-state index in [2.05, 4.69) is 4.72 Å². The number of hydrogen-bond donors (Lipinski definition) is 1. The maximum Gasteiger partial charge on any atom is 0.215 e. The molecular weight excluding hydrogens is 326 g/mol. The molecule has 0 aliphatic heterocycles. The zero-order valence-corrected chi connectivity index (χ0v) is 14.8. The molecular formula is C18H23NO4S. The van der Waals surface area contributed by atoms with Gasteiger partial charge in [-0.25, -0.2) is 13.1 Å². The van der Waals surface area contributed by atoms with Crippen molar-refractivity contribution in [1.82, 2.24) is 4.72 Å². The second-order valence-corrected chi connectivity index (χ2v) is 7.11. The van der Waals surface area contributed by atoms with Crippen molar-refractivity contribution in [1.29, 1.82) is 0 Å². The lowest BCUT2D eigenvalue weighted by atomic mass is 10.1. The molecule has 0 radical (unpaired) electrons. The Balaban J connectivity index is 1.91. The van der Waals surface area contributed by atoms with Gasteiger partial charge in [-0.3, -0.25) is 0 Å². The SMILES string of the molecule is CCOc1ccc(CCNS(=O)(=O)Cc2ccccc2)cc1OC. The standard InChI is InChI=1S/C18H23NO4S/c1-3-23-17-10-9-15(13-18(17)22-2)11-12-19-24(20,21)14-16-7-5-4-6-8-16/h4-10,13,19H,3,11-12,14H2,1-2H3. The van der Waals surface area contributed by atoms with E-state index in [9.17, 15) is 8.42 Å². The highest BCUT2D eigenvalue weighted by atomic mass is 32.2. The van der Waals surface area contributed by atoms with E-state index in [1.807, 2.05) is 43.3 Å². The van der Waals surface area contributed by atoms with Crippen LogP contribution in [0.5, 0.6) is 11.5 Å². The van der Waals surface area contributed by atoms with Crippen LogP contribution in [-0.2, 0) is 22.2 Å². The van der Waals surface area contributed by atoms with Crippen LogP contribution < -0.4 is 14.2 Å². The minimum Gasteiger partial charge on any atom is -0.493 e. The lowest BCUT2D eigenvalue weighted by Crippen LogP contribution is -2.27. The van der Waals surface area contributed by atoms with E-state index < -0.39 is 10.0 Å². The molecule has 0 fully saturated rings. The molecule has 0 bridgehead atoms. The Morgan fingerprint density at radius 3 is 2.42 bits per heavy atom. The van der Waals surface area contributed by atoms with Crippen molar-refractivity contribution in [3.63, 3.8) is 0 Å². The van der Waals surface area contributed by atoms with Crippen LogP contribution in [0.3, 0.4) is 0 Å². The third-order valence-electron chi connectivity index (χ3n) is 3.46. The number of rotatable bonds is 9. The summed E-state index contributed by atoms with van der Waals surface area (Å²) in [4.78, 5) is 0. The number of sulfonamides is 1. The van der Waals surface area contributed by atoms with Gasteiger partial charge in [-0.15, -0.1) is 0 Å². The molecule has 2 rings (SSSR count). The van der Waals surface area contributed by atoms with Gasteiger partial charge in [0, 0.05) is 6.54 Å². The molecule has 0 heterocycles. The van der Waals surface area contributed by atoms with E-state index in [-0.39, 0.29) is 5.75 Å². The summed E-state index contributed by atoms with van der Waals surface area (Å²) in [6, 6.07) is 14.8. The Kier molecular flexibility index (Phi) is 6.63. The van der Waals surface area contributed by atoms with E-state index in [1.54, 1.807) is 19.2 Å². The third kappa shape index (κ3) is 5.54. The Morgan fingerprint density at radius 1 is 1.00 bits per heavy atom. The van der Waals surface area contributed by atoms with Gasteiger partial charge in [0.15, 0.2) is 11.5 Å². The zero-order valence-electron chi connectivity index (χ0n) is 14.0. The van der Waals surface area contributed by atoms with Crippen LogP contribution in [0, 0.1) is 0 Å². The van der Waals surface area contributed by atoms with Crippen LogP contribution in [0.4, 0.5) is 0 Å². The first-order chi connectivity index (χ1) is 11.5. The molecule has 1 N–H and O–H groups in total. The highest BCUT2D eigenvalue weighted by molar-refractivity contribution is 7.88. The van der Waals surface area contributed by atoms with Crippen molar-refractivity contribution in [2.24, 2.45) is 0 Å². The fraction of sp³-hybridized carbons (Fsp3) is 0.333. The molecule has 0 aliphatic carbocycles. The van der Waals surface area contributed by atoms with Crippen LogP contribution in [0.1, 0.15) is 18.1 Å². The first-order valence-electron chi connectivity index (χ1n) is 7.85. The van der Waals surface area contributed by atoms with Crippen LogP contribution >= 0.6 is 0 Å². The largest absolute Gasteiger partial charge is 0.493 e. The van der Waals surface area contributed by atoms with Gasteiger partial charge < -0.3 is 9.47 Å². The van der Waals surface area contributed by atoms with Crippen LogP contribution in [0.15, 0.2) is 48.5 Å². The molecule has 6 heteroatoms. The Hall–Kier alpha value is -2.05. The van der Waals surface area contributed by atoms with Crippen molar-refractivity contribution >= 4 is 10.0 Å². The monoisotopic (exact) mass is 349 g/mol. The molecule has 0 saturated carbocycles. The topological polar surface area (TPSA) is 64.6 Å². The number of hydrogen-bond acceptors (Lipinski definition) is 4. The van der Waals surface area contributed by atoms with Gasteiger partial charge in [-0.05, 0) is 36.6 Å². The maximum absolute atomic E-state index is 12.1. The van der Waals surface area contributed by atoms with E-state index >= 15 is 0 Å². The van der Waals surface area contributed by atoms with E-state index in [0.29, 0.717) is 31.1 Å². The van der Waals surface area contributed by atoms with Crippen molar-refractivity contribution in [2.45, 2.75) is 19.1 Å². The Morgan fingerprint density at radius 2 is 1.75 bits per heavy atom. The first-order valence-corrected chi connectivity index (χ1v) is 9.50. The smallest absolute Gasteiger partial charge is 0.215 e. The lowest BCUT2D eigenvalue weighted by Gasteiger charge is -2.11. The molecule has 0 spiro atoms. The second kappa shape index (κ2) is 8.70. The number of benzene rings is 2.